The fourth-order valence-electron chi connectivity index (χ4n) is 2.12. The highest BCUT2D eigenvalue weighted by molar-refractivity contribution is 6.42. The molecule has 0 saturated carbocycles. The molecule has 0 heterocycles. The van der Waals surface area contributed by atoms with Crippen molar-refractivity contribution in [3.63, 3.8) is 0 Å². The van der Waals surface area contributed by atoms with Crippen LogP contribution in [0.2, 0.25) is 10.0 Å². The summed E-state index contributed by atoms with van der Waals surface area (Å²) in [7, 11) is 0. The second kappa shape index (κ2) is 7.09. The Kier molecular flexibility index (Phi) is 5.44. The van der Waals surface area contributed by atoms with Crippen molar-refractivity contribution in [2.75, 3.05) is 6.61 Å². The van der Waals surface area contributed by atoms with Gasteiger partial charge < -0.3 is 10.4 Å². The van der Waals surface area contributed by atoms with Crippen LogP contribution in [0.15, 0.2) is 48.5 Å². The van der Waals surface area contributed by atoms with Gasteiger partial charge in [0.15, 0.2) is 0 Å². The largest absolute Gasteiger partial charge is 0.394 e. The zero-order valence-electron chi connectivity index (χ0n) is 11.2. The lowest BCUT2D eigenvalue weighted by Crippen LogP contribution is -2.27. The van der Waals surface area contributed by atoms with Crippen molar-refractivity contribution >= 4 is 23.2 Å². The fourth-order valence-corrected chi connectivity index (χ4v) is 2.43. The molecule has 0 saturated heterocycles. The minimum atomic E-state index is -0.111. The van der Waals surface area contributed by atoms with Crippen LogP contribution in [0.1, 0.15) is 30.1 Å². The molecule has 2 nitrogen and oxygen atoms in total. The maximum atomic E-state index is 9.56. The molecule has 0 radical (unpaired) electrons. The van der Waals surface area contributed by atoms with Crippen molar-refractivity contribution < 1.29 is 5.11 Å². The molecule has 2 atom stereocenters. The molecule has 0 aromatic heterocycles. The van der Waals surface area contributed by atoms with Gasteiger partial charge in [-0.15, -0.1) is 0 Å². The predicted molar refractivity (Wildman–Crippen MR) is 84.3 cm³/mol. The normalized spacial score (nSPS) is 14.0. The van der Waals surface area contributed by atoms with Gasteiger partial charge in [0.25, 0.3) is 0 Å². The van der Waals surface area contributed by atoms with Crippen LogP contribution in [-0.4, -0.2) is 11.7 Å². The third-order valence-electron chi connectivity index (χ3n) is 3.28. The van der Waals surface area contributed by atoms with Gasteiger partial charge in [0.1, 0.15) is 0 Å². The van der Waals surface area contributed by atoms with Crippen molar-refractivity contribution in [2.24, 2.45) is 0 Å². The van der Waals surface area contributed by atoms with Crippen LogP contribution in [0.5, 0.6) is 0 Å². The van der Waals surface area contributed by atoms with E-state index in [1.807, 2.05) is 49.4 Å². The molecule has 0 amide bonds. The van der Waals surface area contributed by atoms with Gasteiger partial charge in [0.2, 0.25) is 0 Å². The first-order valence-electron chi connectivity index (χ1n) is 6.48. The molecule has 0 aliphatic heterocycles. The van der Waals surface area contributed by atoms with E-state index in [2.05, 4.69) is 5.32 Å². The second-order valence-corrected chi connectivity index (χ2v) is 5.52. The average Bonchev–Trinajstić information content (AvgIpc) is 2.48. The van der Waals surface area contributed by atoms with Crippen LogP contribution in [0.25, 0.3) is 0 Å². The number of halogens is 2. The smallest absolute Gasteiger partial charge is 0.0626 e. The van der Waals surface area contributed by atoms with Gasteiger partial charge in [0.05, 0.1) is 22.7 Å². The van der Waals surface area contributed by atoms with Gasteiger partial charge in [0, 0.05) is 6.04 Å². The highest BCUT2D eigenvalue weighted by atomic mass is 35.5. The molecule has 0 fully saturated rings. The molecule has 2 rings (SSSR count). The van der Waals surface area contributed by atoms with Crippen LogP contribution in [0.4, 0.5) is 0 Å². The summed E-state index contributed by atoms with van der Waals surface area (Å²) >= 11 is 12.0. The standard InChI is InChI=1S/C16H17Cl2NO/c1-11(13-7-8-14(17)15(18)9-13)19-16(10-20)12-5-3-2-4-6-12/h2-9,11,16,19-20H,10H2,1H3/t11-,16+/m1/s1. The predicted octanol–water partition coefficient (Wildman–Crippen LogP) is 4.38. The van der Waals surface area contributed by atoms with Gasteiger partial charge in [-0.2, -0.15) is 0 Å². The second-order valence-electron chi connectivity index (χ2n) is 4.71. The topological polar surface area (TPSA) is 32.3 Å². The van der Waals surface area contributed by atoms with Crippen molar-refractivity contribution in [1.82, 2.24) is 5.32 Å². The summed E-state index contributed by atoms with van der Waals surface area (Å²) in [6.07, 6.45) is 0. The quantitative estimate of drug-likeness (QED) is 0.859. The molecule has 0 unspecified atom stereocenters. The maximum Gasteiger partial charge on any atom is 0.0626 e. The molecular formula is C16H17Cl2NO. The first kappa shape index (κ1) is 15.3. The first-order valence-corrected chi connectivity index (χ1v) is 7.24. The SMILES string of the molecule is C[C@@H](N[C@@H](CO)c1ccccc1)c1ccc(Cl)c(Cl)c1. The van der Waals surface area contributed by atoms with E-state index >= 15 is 0 Å². The van der Waals surface area contributed by atoms with E-state index in [1.54, 1.807) is 6.07 Å². The molecule has 20 heavy (non-hydrogen) atoms. The highest BCUT2D eigenvalue weighted by Crippen LogP contribution is 2.26. The third kappa shape index (κ3) is 3.74. The zero-order valence-corrected chi connectivity index (χ0v) is 12.7. The van der Waals surface area contributed by atoms with Crippen LogP contribution in [0, 0.1) is 0 Å². The van der Waals surface area contributed by atoms with Gasteiger partial charge in [-0.05, 0) is 30.2 Å². The molecule has 0 bridgehead atoms. The number of benzene rings is 2. The Hall–Kier alpha value is -1.06. The van der Waals surface area contributed by atoms with Crippen molar-refractivity contribution in [3.05, 3.63) is 69.7 Å². The van der Waals surface area contributed by atoms with Gasteiger partial charge >= 0.3 is 0 Å². The number of hydrogen-bond acceptors (Lipinski definition) is 2. The zero-order chi connectivity index (χ0) is 14.5. The number of aliphatic hydroxyl groups is 1. The van der Waals surface area contributed by atoms with Crippen molar-refractivity contribution in [3.8, 4) is 0 Å². The Labute approximate surface area is 129 Å². The van der Waals surface area contributed by atoms with Crippen molar-refractivity contribution in [1.29, 1.82) is 0 Å². The fraction of sp³-hybridized carbons (Fsp3) is 0.250. The van der Waals surface area contributed by atoms with Gasteiger partial charge in [-0.1, -0.05) is 59.6 Å². The minimum Gasteiger partial charge on any atom is -0.394 e. The van der Waals surface area contributed by atoms with Crippen LogP contribution < -0.4 is 5.32 Å². The summed E-state index contributed by atoms with van der Waals surface area (Å²) < 4.78 is 0. The molecule has 106 valence electrons. The maximum absolute atomic E-state index is 9.56. The van der Waals surface area contributed by atoms with Crippen LogP contribution in [-0.2, 0) is 0 Å². The number of nitrogens with one attached hydrogen (secondary N) is 1. The van der Waals surface area contributed by atoms with E-state index in [4.69, 9.17) is 23.2 Å². The number of hydrogen-bond donors (Lipinski definition) is 2. The van der Waals surface area contributed by atoms with E-state index in [1.165, 1.54) is 0 Å². The lowest BCUT2D eigenvalue weighted by atomic mass is 10.0. The molecule has 2 aromatic carbocycles. The average molecular weight is 310 g/mol. The molecule has 0 aliphatic carbocycles. The van der Waals surface area contributed by atoms with E-state index < -0.39 is 0 Å². The summed E-state index contributed by atoms with van der Waals surface area (Å²) in [6, 6.07) is 15.4. The summed E-state index contributed by atoms with van der Waals surface area (Å²) in [4.78, 5) is 0. The summed E-state index contributed by atoms with van der Waals surface area (Å²) in [5.41, 5.74) is 2.09. The van der Waals surface area contributed by atoms with Gasteiger partial charge in [-0.3, -0.25) is 0 Å². The van der Waals surface area contributed by atoms with E-state index in [9.17, 15) is 5.11 Å². The third-order valence-corrected chi connectivity index (χ3v) is 4.02. The van der Waals surface area contributed by atoms with E-state index in [0.717, 1.165) is 11.1 Å². The van der Waals surface area contributed by atoms with E-state index in [0.29, 0.717) is 10.0 Å². The van der Waals surface area contributed by atoms with Crippen LogP contribution in [0.3, 0.4) is 0 Å². The van der Waals surface area contributed by atoms with E-state index in [-0.39, 0.29) is 18.7 Å². The monoisotopic (exact) mass is 309 g/mol. The Morgan fingerprint density at radius 3 is 2.30 bits per heavy atom. The molecule has 4 heteroatoms. The van der Waals surface area contributed by atoms with Gasteiger partial charge in [-0.25, -0.2) is 0 Å². The molecule has 2 aromatic rings. The minimum absolute atomic E-state index is 0.0374. The Bertz CT molecular complexity index is 560. The van der Waals surface area contributed by atoms with Crippen molar-refractivity contribution in [2.45, 2.75) is 19.0 Å². The molecule has 0 spiro atoms. The summed E-state index contributed by atoms with van der Waals surface area (Å²) in [6.45, 7) is 2.07. The summed E-state index contributed by atoms with van der Waals surface area (Å²) in [5, 5.41) is 14.0. The lowest BCUT2D eigenvalue weighted by molar-refractivity contribution is 0.235. The molecule has 0 aliphatic rings. The van der Waals surface area contributed by atoms with Crippen LogP contribution >= 0.6 is 23.2 Å². The number of rotatable bonds is 5. The highest BCUT2D eigenvalue weighted by Gasteiger charge is 2.15. The molecular weight excluding hydrogens is 293 g/mol. The number of aliphatic hydroxyl groups excluding tert-OH is 1. The first-order chi connectivity index (χ1) is 9.61. The Balaban J connectivity index is 2.13. The summed E-state index contributed by atoms with van der Waals surface area (Å²) in [5.74, 6) is 0. The molecule has 2 N–H and O–H groups in total. The Morgan fingerprint density at radius 2 is 1.70 bits per heavy atom. The Morgan fingerprint density at radius 1 is 1.00 bits per heavy atom. The lowest BCUT2D eigenvalue weighted by Gasteiger charge is -2.22.